The summed E-state index contributed by atoms with van der Waals surface area (Å²) in [5, 5.41) is 8.76. The molecule has 1 fully saturated rings. The molecule has 1 heterocycles. The molecule has 1 saturated heterocycles. The lowest BCUT2D eigenvalue weighted by atomic mass is 10.1. The molecule has 1 aliphatic heterocycles. The number of carbonyl (C=O) groups excluding carboxylic acids is 1. The molecular weight excluding hydrogens is 200 g/mol. The number of carbonyl (C=O) groups is 2. The molecule has 1 aliphatic rings. The van der Waals surface area contributed by atoms with E-state index in [0.29, 0.717) is 13.0 Å². The highest BCUT2D eigenvalue weighted by Crippen LogP contribution is 2.16. The second kappa shape index (κ2) is 5.09. The average Bonchev–Trinajstić information content (AvgIpc) is 2.65. The van der Waals surface area contributed by atoms with E-state index in [-0.39, 0.29) is 19.1 Å². The number of likely N-dealkylation sites (tertiary alicyclic amines) is 1. The van der Waals surface area contributed by atoms with Crippen LogP contribution in [0.1, 0.15) is 6.42 Å². The van der Waals surface area contributed by atoms with Crippen molar-refractivity contribution >= 4 is 11.9 Å². The van der Waals surface area contributed by atoms with Gasteiger partial charge in [-0.15, -0.1) is 0 Å². The van der Waals surface area contributed by atoms with Crippen LogP contribution in [0.2, 0.25) is 0 Å². The number of nitrogens with two attached hydrogens (primary N) is 1. The Hall–Kier alpha value is -1.14. The molecule has 3 N–H and O–H groups in total. The molecule has 0 aromatic carbocycles. The third-order valence-electron chi connectivity index (χ3n) is 2.51. The third-order valence-corrected chi connectivity index (χ3v) is 2.51. The Morgan fingerprint density at radius 1 is 1.67 bits per heavy atom. The van der Waals surface area contributed by atoms with Crippen molar-refractivity contribution in [3.05, 3.63) is 0 Å². The standard InChI is InChI=1S/C9H16N2O4/c1-15-5-7(10)8(12)11-3-2-6(4-11)9(13)14/h6-7H,2-5,10H2,1H3,(H,13,14). The lowest BCUT2D eigenvalue weighted by molar-refractivity contribution is -0.141. The van der Waals surface area contributed by atoms with E-state index in [1.165, 1.54) is 12.0 Å². The van der Waals surface area contributed by atoms with Gasteiger partial charge in [-0.3, -0.25) is 9.59 Å². The van der Waals surface area contributed by atoms with Gasteiger partial charge in [-0.1, -0.05) is 0 Å². The van der Waals surface area contributed by atoms with E-state index in [2.05, 4.69) is 0 Å². The number of methoxy groups -OCH3 is 1. The first-order valence-corrected chi connectivity index (χ1v) is 4.82. The topological polar surface area (TPSA) is 92.9 Å². The number of hydrogen-bond donors (Lipinski definition) is 2. The van der Waals surface area contributed by atoms with Crippen molar-refractivity contribution in [3.63, 3.8) is 0 Å². The minimum absolute atomic E-state index is 0.160. The van der Waals surface area contributed by atoms with Gasteiger partial charge < -0.3 is 20.5 Å². The average molecular weight is 216 g/mol. The number of ether oxygens (including phenoxy) is 1. The van der Waals surface area contributed by atoms with E-state index in [4.69, 9.17) is 15.6 Å². The quantitative estimate of drug-likeness (QED) is 0.621. The third kappa shape index (κ3) is 2.90. The second-order valence-electron chi connectivity index (χ2n) is 3.67. The molecule has 86 valence electrons. The van der Waals surface area contributed by atoms with Crippen molar-refractivity contribution in [2.24, 2.45) is 11.7 Å². The summed E-state index contributed by atoms with van der Waals surface area (Å²) in [4.78, 5) is 23.8. The molecule has 0 bridgehead atoms. The number of carboxylic acid groups (broad SMARTS) is 1. The fraction of sp³-hybridized carbons (Fsp3) is 0.778. The Kier molecular flexibility index (Phi) is 4.05. The van der Waals surface area contributed by atoms with E-state index >= 15 is 0 Å². The first-order valence-electron chi connectivity index (χ1n) is 4.82. The largest absolute Gasteiger partial charge is 0.481 e. The van der Waals surface area contributed by atoms with Crippen LogP contribution >= 0.6 is 0 Å². The number of aliphatic carboxylic acids is 1. The van der Waals surface area contributed by atoms with Crippen molar-refractivity contribution < 1.29 is 19.4 Å². The van der Waals surface area contributed by atoms with Crippen molar-refractivity contribution in [3.8, 4) is 0 Å². The van der Waals surface area contributed by atoms with Gasteiger partial charge in [-0.25, -0.2) is 0 Å². The summed E-state index contributed by atoms with van der Waals surface area (Å²) in [5.41, 5.74) is 5.57. The van der Waals surface area contributed by atoms with Crippen molar-refractivity contribution in [2.45, 2.75) is 12.5 Å². The maximum atomic E-state index is 11.6. The van der Waals surface area contributed by atoms with Crippen molar-refractivity contribution in [2.75, 3.05) is 26.8 Å². The number of carboxylic acids is 1. The van der Waals surface area contributed by atoms with Gasteiger partial charge in [0, 0.05) is 20.2 Å². The van der Waals surface area contributed by atoms with Gasteiger partial charge in [0.15, 0.2) is 0 Å². The highest BCUT2D eigenvalue weighted by Gasteiger charge is 2.32. The van der Waals surface area contributed by atoms with Crippen LogP contribution in [-0.4, -0.2) is 54.7 Å². The van der Waals surface area contributed by atoms with Crippen LogP contribution in [0.15, 0.2) is 0 Å². The zero-order valence-corrected chi connectivity index (χ0v) is 8.68. The molecule has 2 atom stereocenters. The van der Waals surface area contributed by atoms with Crippen LogP contribution in [-0.2, 0) is 14.3 Å². The van der Waals surface area contributed by atoms with Crippen LogP contribution in [0.4, 0.5) is 0 Å². The maximum absolute atomic E-state index is 11.6. The summed E-state index contributed by atoms with van der Waals surface area (Å²) in [6, 6.07) is -0.692. The summed E-state index contributed by atoms with van der Waals surface area (Å²) < 4.78 is 4.77. The minimum Gasteiger partial charge on any atom is -0.481 e. The molecule has 0 aromatic rings. The Bertz CT molecular complexity index is 256. The predicted octanol–water partition coefficient (Wildman–Crippen LogP) is -1.11. The smallest absolute Gasteiger partial charge is 0.308 e. The van der Waals surface area contributed by atoms with Crippen LogP contribution in [0.3, 0.4) is 0 Å². The normalized spacial score (nSPS) is 22.8. The molecule has 1 rings (SSSR count). The minimum atomic E-state index is -0.856. The molecular formula is C9H16N2O4. The molecule has 0 aliphatic carbocycles. The van der Waals surface area contributed by atoms with E-state index in [1.807, 2.05) is 0 Å². The van der Waals surface area contributed by atoms with Crippen LogP contribution < -0.4 is 5.73 Å². The van der Waals surface area contributed by atoms with Gasteiger partial charge in [0.1, 0.15) is 6.04 Å². The van der Waals surface area contributed by atoms with Crippen molar-refractivity contribution in [1.29, 1.82) is 0 Å². The summed E-state index contributed by atoms with van der Waals surface area (Å²) in [5.74, 6) is -1.55. The SMILES string of the molecule is COCC(N)C(=O)N1CCC(C(=O)O)C1. The molecule has 6 nitrogen and oxygen atoms in total. The number of amides is 1. The first-order chi connectivity index (χ1) is 7.06. The molecule has 15 heavy (non-hydrogen) atoms. The fourth-order valence-electron chi connectivity index (χ4n) is 1.65. The van der Waals surface area contributed by atoms with Gasteiger partial charge >= 0.3 is 5.97 Å². The van der Waals surface area contributed by atoms with Crippen LogP contribution in [0.25, 0.3) is 0 Å². The van der Waals surface area contributed by atoms with Gasteiger partial charge in [0.2, 0.25) is 5.91 Å². The van der Waals surface area contributed by atoms with E-state index in [1.54, 1.807) is 0 Å². The molecule has 0 radical (unpaired) electrons. The molecule has 0 saturated carbocycles. The fourth-order valence-corrected chi connectivity index (χ4v) is 1.65. The molecule has 0 spiro atoms. The van der Waals surface area contributed by atoms with Crippen LogP contribution in [0, 0.1) is 5.92 Å². The lowest BCUT2D eigenvalue weighted by Crippen LogP contribution is -2.45. The van der Waals surface area contributed by atoms with E-state index < -0.39 is 17.9 Å². The monoisotopic (exact) mass is 216 g/mol. The Balaban J connectivity index is 2.46. The number of nitrogens with zero attached hydrogens (tertiary/aromatic N) is 1. The highest BCUT2D eigenvalue weighted by molar-refractivity contribution is 5.83. The molecule has 0 aromatic heterocycles. The second-order valence-corrected chi connectivity index (χ2v) is 3.67. The van der Waals surface area contributed by atoms with E-state index in [0.717, 1.165) is 0 Å². The maximum Gasteiger partial charge on any atom is 0.308 e. The molecule has 6 heteroatoms. The number of rotatable bonds is 4. The molecule has 2 unspecified atom stereocenters. The summed E-state index contributed by atoms with van der Waals surface area (Å²) in [6.07, 6.45) is 0.501. The van der Waals surface area contributed by atoms with E-state index in [9.17, 15) is 9.59 Å². The lowest BCUT2D eigenvalue weighted by Gasteiger charge is -2.19. The number of hydrogen-bond acceptors (Lipinski definition) is 4. The Morgan fingerprint density at radius 2 is 2.33 bits per heavy atom. The predicted molar refractivity (Wildman–Crippen MR) is 52.2 cm³/mol. The van der Waals surface area contributed by atoms with Gasteiger partial charge in [-0.05, 0) is 6.42 Å². The Morgan fingerprint density at radius 3 is 2.80 bits per heavy atom. The van der Waals surface area contributed by atoms with Gasteiger partial charge in [0.25, 0.3) is 0 Å². The zero-order chi connectivity index (χ0) is 11.4. The van der Waals surface area contributed by atoms with Crippen LogP contribution in [0.5, 0.6) is 0 Å². The molecule has 1 amide bonds. The van der Waals surface area contributed by atoms with Gasteiger partial charge in [0.05, 0.1) is 12.5 Å². The summed E-state index contributed by atoms with van der Waals surface area (Å²) in [7, 11) is 1.47. The summed E-state index contributed by atoms with van der Waals surface area (Å²) in [6.45, 7) is 0.881. The van der Waals surface area contributed by atoms with Crippen molar-refractivity contribution in [1.82, 2.24) is 4.90 Å². The Labute approximate surface area is 88.0 Å². The first kappa shape index (κ1) is 11.9. The summed E-state index contributed by atoms with van der Waals surface area (Å²) >= 11 is 0. The van der Waals surface area contributed by atoms with Gasteiger partial charge in [-0.2, -0.15) is 0 Å². The highest BCUT2D eigenvalue weighted by atomic mass is 16.5. The zero-order valence-electron chi connectivity index (χ0n) is 8.68.